The van der Waals surface area contributed by atoms with Crippen LogP contribution in [0.2, 0.25) is 0 Å². The number of pyridine rings is 1. The second-order valence-electron chi connectivity index (χ2n) is 4.76. The predicted molar refractivity (Wildman–Crippen MR) is 83.4 cm³/mol. The fourth-order valence-electron chi connectivity index (χ4n) is 2.26. The Hall–Kier alpha value is -1.67. The molecule has 3 aromatic rings. The Morgan fingerprint density at radius 3 is 2.37 bits per heavy atom. The lowest BCUT2D eigenvalue weighted by Gasteiger charge is -2.07. The fraction of sp³-hybridized carbons (Fsp3) is 0.118. The Bertz CT molecular complexity index is 717. The average molecular weight is 312 g/mol. The maximum atomic E-state index is 4.58. The van der Waals surface area contributed by atoms with Gasteiger partial charge in [-0.25, -0.2) is 0 Å². The monoisotopic (exact) mass is 311 g/mol. The van der Waals surface area contributed by atoms with Crippen molar-refractivity contribution >= 4 is 26.7 Å². The quantitative estimate of drug-likeness (QED) is 0.656. The molecule has 0 N–H and O–H groups in total. The Kier molecular flexibility index (Phi) is 3.34. The van der Waals surface area contributed by atoms with Crippen LogP contribution in [0.3, 0.4) is 0 Å². The number of halogens is 1. The van der Waals surface area contributed by atoms with E-state index < -0.39 is 0 Å². The summed E-state index contributed by atoms with van der Waals surface area (Å²) in [6.45, 7) is 2.11. The molecule has 19 heavy (non-hydrogen) atoms. The molecule has 1 aromatic heterocycles. The molecule has 0 fully saturated rings. The highest BCUT2D eigenvalue weighted by Gasteiger charge is 2.06. The van der Waals surface area contributed by atoms with Gasteiger partial charge >= 0.3 is 0 Å². The zero-order valence-electron chi connectivity index (χ0n) is 10.7. The van der Waals surface area contributed by atoms with E-state index in [1.165, 1.54) is 21.9 Å². The predicted octanol–water partition coefficient (Wildman–Crippen LogP) is 4.90. The molecular formula is C17H14BrN. The summed E-state index contributed by atoms with van der Waals surface area (Å²) in [5.41, 5.74) is 3.71. The molecule has 0 radical (unpaired) electrons. The lowest BCUT2D eigenvalue weighted by molar-refractivity contribution is 1.09. The summed E-state index contributed by atoms with van der Waals surface area (Å²) in [5, 5.41) is 2.44. The van der Waals surface area contributed by atoms with Crippen molar-refractivity contribution in [3.63, 3.8) is 0 Å². The third kappa shape index (κ3) is 2.54. The van der Waals surface area contributed by atoms with E-state index in [1.54, 1.807) is 0 Å². The maximum Gasteiger partial charge on any atom is 0.0526 e. The SMILES string of the molecule is Cc1ccc(Cc2ncc(Br)c3ccccc23)cc1. The van der Waals surface area contributed by atoms with Crippen LogP contribution in [0.25, 0.3) is 10.8 Å². The van der Waals surface area contributed by atoms with Crippen LogP contribution in [0.4, 0.5) is 0 Å². The third-order valence-electron chi connectivity index (χ3n) is 3.32. The number of hydrogen-bond donors (Lipinski definition) is 0. The molecule has 0 saturated heterocycles. The van der Waals surface area contributed by atoms with Crippen LogP contribution in [0.5, 0.6) is 0 Å². The normalized spacial score (nSPS) is 10.8. The first-order valence-corrected chi connectivity index (χ1v) is 7.11. The third-order valence-corrected chi connectivity index (χ3v) is 3.95. The summed E-state index contributed by atoms with van der Waals surface area (Å²) in [6, 6.07) is 17.0. The highest BCUT2D eigenvalue weighted by Crippen LogP contribution is 2.26. The van der Waals surface area contributed by atoms with E-state index in [0.717, 1.165) is 16.6 Å². The molecule has 94 valence electrons. The zero-order chi connectivity index (χ0) is 13.2. The van der Waals surface area contributed by atoms with E-state index in [9.17, 15) is 0 Å². The lowest BCUT2D eigenvalue weighted by Crippen LogP contribution is -1.94. The number of aromatic nitrogens is 1. The highest BCUT2D eigenvalue weighted by molar-refractivity contribution is 9.10. The average Bonchev–Trinajstić information content (AvgIpc) is 2.45. The van der Waals surface area contributed by atoms with E-state index in [0.29, 0.717) is 0 Å². The van der Waals surface area contributed by atoms with Crippen molar-refractivity contribution in [2.75, 3.05) is 0 Å². The Morgan fingerprint density at radius 2 is 1.63 bits per heavy atom. The van der Waals surface area contributed by atoms with Gasteiger partial charge in [-0.15, -0.1) is 0 Å². The smallest absolute Gasteiger partial charge is 0.0526 e. The molecule has 2 heteroatoms. The van der Waals surface area contributed by atoms with Gasteiger partial charge in [0.2, 0.25) is 0 Å². The second kappa shape index (κ2) is 5.14. The molecule has 0 atom stereocenters. The number of nitrogens with zero attached hydrogens (tertiary/aromatic N) is 1. The van der Waals surface area contributed by atoms with E-state index >= 15 is 0 Å². The maximum absolute atomic E-state index is 4.58. The number of benzene rings is 2. The van der Waals surface area contributed by atoms with Crippen molar-refractivity contribution in [2.24, 2.45) is 0 Å². The summed E-state index contributed by atoms with van der Waals surface area (Å²) in [5.74, 6) is 0. The minimum Gasteiger partial charge on any atom is -0.259 e. The first-order valence-electron chi connectivity index (χ1n) is 6.32. The largest absolute Gasteiger partial charge is 0.259 e. The Morgan fingerprint density at radius 1 is 0.947 bits per heavy atom. The van der Waals surface area contributed by atoms with Crippen LogP contribution in [0, 0.1) is 6.92 Å². The second-order valence-corrected chi connectivity index (χ2v) is 5.62. The van der Waals surface area contributed by atoms with Crippen molar-refractivity contribution in [2.45, 2.75) is 13.3 Å². The molecule has 0 bridgehead atoms. The molecular weight excluding hydrogens is 298 g/mol. The van der Waals surface area contributed by atoms with Crippen LogP contribution in [0.1, 0.15) is 16.8 Å². The summed E-state index contributed by atoms with van der Waals surface area (Å²) in [4.78, 5) is 4.58. The molecule has 0 aliphatic rings. The van der Waals surface area contributed by atoms with Gasteiger partial charge in [0, 0.05) is 22.5 Å². The molecule has 1 heterocycles. The minimum absolute atomic E-state index is 0.869. The standard InChI is InChI=1S/C17H14BrN/c1-12-6-8-13(9-7-12)10-17-15-5-3-2-4-14(15)16(18)11-19-17/h2-9,11H,10H2,1H3. The minimum atomic E-state index is 0.869. The summed E-state index contributed by atoms with van der Waals surface area (Å²) < 4.78 is 1.05. The van der Waals surface area contributed by atoms with E-state index in [2.05, 4.69) is 76.4 Å². The van der Waals surface area contributed by atoms with Crippen molar-refractivity contribution in [3.05, 3.63) is 76.0 Å². The van der Waals surface area contributed by atoms with Crippen LogP contribution in [-0.2, 0) is 6.42 Å². The van der Waals surface area contributed by atoms with Crippen molar-refractivity contribution in [3.8, 4) is 0 Å². The van der Waals surface area contributed by atoms with Crippen molar-refractivity contribution < 1.29 is 0 Å². The summed E-state index contributed by atoms with van der Waals surface area (Å²) in [7, 11) is 0. The fourth-order valence-corrected chi connectivity index (χ4v) is 2.70. The first-order chi connectivity index (χ1) is 9.24. The first kappa shape index (κ1) is 12.4. The van der Waals surface area contributed by atoms with Gasteiger partial charge in [-0.05, 0) is 33.8 Å². The van der Waals surface area contributed by atoms with E-state index in [1.807, 2.05) is 6.20 Å². The van der Waals surface area contributed by atoms with Crippen molar-refractivity contribution in [1.29, 1.82) is 0 Å². The Balaban J connectivity index is 2.06. The van der Waals surface area contributed by atoms with Crippen LogP contribution < -0.4 is 0 Å². The molecule has 0 aliphatic carbocycles. The van der Waals surface area contributed by atoms with Gasteiger partial charge in [0.05, 0.1) is 5.69 Å². The van der Waals surface area contributed by atoms with Crippen LogP contribution in [0.15, 0.2) is 59.2 Å². The topological polar surface area (TPSA) is 12.9 Å². The summed E-state index contributed by atoms with van der Waals surface area (Å²) in [6.07, 6.45) is 2.76. The zero-order valence-corrected chi connectivity index (χ0v) is 12.3. The van der Waals surface area contributed by atoms with Gasteiger partial charge in [-0.2, -0.15) is 0 Å². The van der Waals surface area contributed by atoms with E-state index in [4.69, 9.17) is 0 Å². The van der Waals surface area contributed by atoms with Gasteiger partial charge in [-0.1, -0.05) is 54.1 Å². The van der Waals surface area contributed by atoms with Gasteiger partial charge in [0.1, 0.15) is 0 Å². The summed E-state index contributed by atoms with van der Waals surface area (Å²) >= 11 is 3.56. The molecule has 0 unspecified atom stereocenters. The molecule has 1 nitrogen and oxygen atoms in total. The number of fused-ring (bicyclic) bond motifs is 1. The van der Waals surface area contributed by atoms with Crippen LogP contribution >= 0.6 is 15.9 Å². The molecule has 0 aliphatic heterocycles. The Labute approximate surface area is 121 Å². The lowest BCUT2D eigenvalue weighted by atomic mass is 10.0. The molecule has 0 spiro atoms. The van der Waals surface area contributed by atoms with E-state index in [-0.39, 0.29) is 0 Å². The molecule has 0 amide bonds. The number of hydrogen-bond acceptors (Lipinski definition) is 1. The van der Waals surface area contributed by atoms with Gasteiger partial charge in [-0.3, -0.25) is 4.98 Å². The highest BCUT2D eigenvalue weighted by atomic mass is 79.9. The molecule has 0 saturated carbocycles. The number of rotatable bonds is 2. The van der Waals surface area contributed by atoms with Crippen LogP contribution in [-0.4, -0.2) is 4.98 Å². The molecule has 2 aromatic carbocycles. The van der Waals surface area contributed by atoms with Crippen molar-refractivity contribution in [1.82, 2.24) is 4.98 Å². The van der Waals surface area contributed by atoms with Gasteiger partial charge in [0.15, 0.2) is 0 Å². The molecule has 3 rings (SSSR count). The number of aryl methyl sites for hydroxylation is 1. The van der Waals surface area contributed by atoms with Gasteiger partial charge in [0.25, 0.3) is 0 Å². The van der Waals surface area contributed by atoms with Gasteiger partial charge < -0.3 is 0 Å².